The number of nitrogens with zero attached hydrogens (tertiary/aromatic N) is 5. The Hall–Kier alpha value is -7.53. The molecular weight excluding hydrogens is 855 g/mol. The van der Waals surface area contributed by atoms with Gasteiger partial charge < -0.3 is 9.30 Å². The van der Waals surface area contributed by atoms with Gasteiger partial charge in [0.05, 0.1) is 28.1 Å². The molecule has 0 aliphatic carbocycles. The monoisotopic (exact) mass is 918 g/mol. The maximum absolute atomic E-state index is 6.91. The minimum atomic E-state index is -0.0734. The molecule has 1 aliphatic heterocycles. The summed E-state index contributed by atoms with van der Waals surface area (Å²) in [6, 6.07) is 61.2. The molecule has 0 atom stereocenters. The Morgan fingerprint density at radius 1 is 0.414 bits per heavy atom. The third-order valence-corrected chi connectivity index (χ3v) is 14.1. The fourth-order valence-electron chi connectivity index (χ4n) is 10.1. The highest BCUT2D eigenvalue weighted by atomic mass is 16.5. The highest BCUT2D eigenvalue weighted by Gasteiger charge is 2.41. The van der Waals surface area contributed by atoms with Crippen molar-refractivity contribution in [2.24, 2.45) is 0 Å². The van der Waals surface area contributed by atoms with Crippen LogP contribution in [-0.2, 0) is 21.7 Å². The molecule has 10 aromatic rings. The van der Waals surface area contributed by atoms with Crippen molar-refractivity contribution in [3.8, 4) is 23.0 Å². The van der Waals surface area contributed by atoms with E-state index in [0.717, 1.165) is 73.2 Å². The number of pyridine rings is 1. The number of para-hydroxylation sites is 3. The van der Waals surface area contributed by atoms with E-state index in [2.05, 4.69) is 259 Å². The van der Waals surface area contributed by atoms with Crippen LogP contribution in [0.2, 0.25) is 0 Å². The highest BCUT2D eigenvalue weighted by molar-refractivity contribution is 6.11. The Morgan fingerprint density at radius 2 is 1.00 bits per heavy atom. The molecule has 7 aromatic carbocycles. The van der Waals surface area contributed by atoms with E-state index in [0.29, 0.717) is 0 Å². The van der Waals surface area contributed by atoms with Gasteiger partial charge in [0.15, 0.2) is 0 Å². The fraction of sp³-hybridized carbons (Fsp3) is 0.250. The lowest BCUT2D eigenvalue weighted by molar-refractivity contribution is 0.483. The topological polar surface area (TPSA) is 38.0 Å². The van der Waals surface area contributed by atoms with Crippen LogP contribution in [-0.4, -0.2) is 20.1 Å². The molecule has 6 heteroatoms. The zero-order valence-electron chi connectivity index (χ0n) is 42.7. The molecule has 0 N–H and O–H groups in total. The first-order valence-corrected chi connectivity index (χ1v) is 24.7. The fourth-order valence-corrected chi connectivity index (χ4v) is 10.1. The van der Waals surface area contributed by atoms with Gasteiger partial charge in [-0.15, -0.1) is 0 Å². The van der Waals surface area contributed by atoms with Gasteiger partial charge in [-0.2, -0.15) is 0 Å². The van der Waals surface area contributed by atoms with E-state index in [1.807, 2.05) is 12.3 Å². The van der Waals surface area contributed by atoms with Gasteiger partial charge in [-0.3, -0.25) is 4.57 Å². The molecule has 0 spiro atoms. The summed E-state index contributed by atoms with van der Waals surface area (Å²) in [5, 5.41) is 4.81. The van der Waals surface area contributed by atoms with Crippen LogP contribution in [0.4, 0.5) is 22.7 Å². The van der Waals surface area contributed by atoms with E-state index in [-0.39, 0.29) is 21.7 Å². The maximum Gasteiger partial charge on any atom is 0.503 e. The van der Waals surface area contributed by atoms with Gasteiger partial charge in [0.2, 0.25) is 11.4 Å². The van der Waals surface area contributed by atoms with Crippen molar-refractivity contribution in [1.82, 2.24) is 23.3 Å². The highest BCUT2D eigenvalue weighted by Crippen LogP contribution is 2.46. The SMILES string of the molecule is CC(C)(C)c1cc([N+]2=C=[N+](c3cccc(Oc4ccc5c6cc(C(C)(C)C)ccc6n(-c6cc(C(C)(C)C)ccn6)c5c4)c3)c3cccc(-n4c5ccccc5c5ccccc54)c32)cc(C(C)(C)C)c1. The standard InChI is InChI=1S/C64H63N5O/c1-61(2,3)41-27-30-55-52(36-41)51-29-28-48(39-58(51)69(55)59-37-42(31-32-65-59)62(4,5)6)70-47-20-17-19-45(38-47)66-40-67(46-34-43(63(7,8)9)33-44(35-46)64(10,11)12)60-56(66)25-18-26-57(60)68-53-23-15-13-21-49(53)50-22-14-16-24-54(50)68/h13-39H,1-12H3/q+2. The van der Waals surface area contributed by atoms with Gasteiger partial charge in [-0.1, -0.05) is 144 Å². The number of aromatic nitrogens is 3. The predicted molar refractivity (Wildman–Crippen MR) is 295 cm³/mol. The summed E-state index contributed by atoms with van der Waals surface area (Å²) in [5.74, 6) is 2.37. The Labute approximate surface area is 412 Å². The molecule has 0 fully saturated rings. The first kappa shape index (κ1) is 44.9. The first-order chi connectivity index (χ1) is 33.2. The van der Waals surface area contributed by atoms with Crippen LogP contribution in [0, 0.1) is 0 Å². The number of hydrogen-bond donors (Lipinski definition) is 0. The minimum absolute atomic E-state index is 0.00125. The van der Waals surface area contributed by atoms with Crippen LogP contribution < -0.4 is 13.9 Å². The van der Waals surface area contributed by atoms with E-state index in [9.17, 15) is 0 Å². The lowest BCUT2D eigenvalue weighted by Crippen LogP contribution is -2.17. The summed E-state index contributed by atoms with van der Waals surface area (Å²) in [6.45, 7) is 27.4. The molecule has 3 aromatic heterocycles. The summed E-state index contributed by atoms with van der Waals surface area (Å²) in [7, 11) is 0. The predicted octanol–water partition coefficient (Wildman–Crippen LogP) is 17.1. The molecule has 348 valence electrons. The zero-order valence-corrected chi connectivity index (χ0v) is 42.7. The van der Waals surface area contributed by atoms with Crippen LogP contribution >= 0.6 is 0 Å². The van der Waals surface area contributed by atoms with Crippen molar-refractivity contribution in [3.05, 3.63) is 186 Å². The van der Waals surface area contributed by atoms with Crippen molar-refractivity contribution in [2.75, 3.05) is 0 Å². The van der Waals surface area contributed by atoms with Crippen LogP contribution in [0.5, 0.6) is 11.5 Å². The number of benzene rings is 7. The van der Waals surface area contributed by atoms with Crippen molar-refractivity contribution in [2.45, 2.75) is 105 Å². The molecule has 0 unspecified atom stereocenters. The van der Waals surface area contributed by atoms with Crippen molar-refractivity contribution >= 4 is 72.4 Å². The van der Waals surface area contributed by atoms with E-state index in [1.165, 1.54) is 38.4 Å². The summed E-state index contributed by atoms with van der Waals surface area (Å²) in [5.41, 5.74) is 14.6. The second-order valence-electron chi connectivity index (χ2n) is 23.3. The third kappa shape index (κ3) is 7.72. The van der Waals surface area contributed by atoms with Gasteiger partial charge in [0, 0.05) is 58.1 Å². The average molecular weight is 918 g/mol. The number of ether oxygens (including phenoxy) is 1. The number of fused-ring (bicyclic) bond motifs is 7. The largest absolute Gasteiger partial charge is 0.503 e. The molecule has 6 nitrogen and oxygen atoms in total. The van der Waals surface area contributed by atoms with E-state index in [1.54, 1.807) is 0 Å². The van der Waals surface area contributed by atoms with Gasteiger partial charge in [-0.25, -0.2) is 4.98 Å². The first-order valence-electron chi connectivity index (χ1n) is 24.7. The second kappa shape index (κ2) is 16.0. The Kier molecular flexibility index (Phi) is 10.3. The number of hydrogen-bond acceptors (Lipinski definition) is 2. The second-order valence-corrected chi connectivity index (χ2v) is 23.3. The van der Waals surface area contributed by atoms with E-state index < -0.39 is 0 Å². The summed E-state index contributed by atoms with van der Waals surface area (Å²) in [4.78, 5) is 4.97. The van der Waals surface area contributed by atoms with Crippen LogP contribution in [0.25, 0.3) is 55.1 Å². The molecule has 70 heavy (non-hydrogen) atoms. The summed E-state index contributed by atoms with van der Waals surface area (Å²) < 4.78 is 16.1. The molecule has 11 rings (SSSR count). The Bertz CT molecular complexity index is 3740. The molecular formula is C64H63N5O+2. The molecule has 4 heterocycles. The van der Waals surface area contributed by atoms with Crippen LogP contribution in [0.1, 0.15) is 105 Å². The van der Waals surface area contributed by atoms with Crippen molar-refractivity contribution in [3.63, 3.8) is 0 Å². The van der Waals surface area contributed by atoms with E-state index in [4.69, 9.17) is 9.72 Å². The zero-order chi connectivity index (χ0) is 49.1. The molecule has 0 saturated carbocycles. The van der Waals surface area contributed by atoms with Crippen molar-refractivity contribution in [1.29, 1.82) is 0 Å². The minimum Gasteiger partial charge on any atom is -0.457 e. The lowest BCUT2D eigenvalue weighted by atomic mass is 9.80. The smallest absolute Gasteiger partial charge is 0.457 e. The maximum atomic E-state index is 6.91. The quantitative estimate of drug-likeness (QED) is 0.156. The molecule has 0 saturated heterocycles. The van der Waals surface area contributed by atoms with Gasteiger partial charge >= 0.3 is 17.4 Å². The average Bonchev–Trinajstić information content (AvgIpc) is 3.98. The van der Waals surface area contributed by atoms with Gasteiger partial charge in [-0.05, 0) is 114 Å². The normalized spacial score (nSPS) is 13.4. The summed E-state index contributed by atoms with van der Waals surface area (Å²) >= 11 is 0. The molecule has 0 amide bonds. The molecule has 0 radical (unpaired) electrons. The van der Waals surface area contributed by atoms with Crippen molar-refractivity contribution < 1.29 is 4.74 Å². The van der Waals surface area contributed by atoms with Gasteiger partial charge in [0.1, 0.15) is 23.0 Å². The van der Waals surface area contributed by atoms with Gasteiger partial charge in [0.25, 0.3) is 0 Å². The molecule has 0 bridgehead atoms. The molecule has 1 aliphatic rings. The van der Waals surface area contributed by atoms with Crippen LogP contribution in [0.3, 0.4) is 0 Å². The van der Waals surface area contributed by atoms with Crippen LogP contribution in [0.15, 0.2) is 164 Å². The Morgan fingerprint density at radius 3 is 1.66 bits per heavy atom. The summed E-state index contributed by atoms with van der Waals surface area (Å²) in [6.07, 6.45) is 1.94. The third-order valence-electron chi connectivity index (χ3n) is 14.1. The van der Waals surface area contributed by atoms with E-state index >= 15 is 0 Å². The Balaban J connectivity index is 1.08. The number of rotatable bonds is 6. The lowest BCUT2D eigenvalue weighted by Gasteiger charge is -2.24.